The summed E-state index contributed by atoms with van der Waals surface area (Å²) in [6.07, 6.45) is 2.64. The second kappa shape index (κ2) is 5.50. The van der Waals surface area contributed by atoms with Crippen molar-refractivity contribution in [1.29, 1.82) is 0 Å². The molecule has 0 unspecified atom stereocenters. The Balaban J connectivity index is 2.31. The zero-order valence-electron chi connectivity index (χ0n) is 7.35. The van der Waals surface area contributed by atoms with Crippen LogP contribution in [0.15, 0.2) is 18.3 Å². The lowest BCUT2D eigenvalue weighted by atomic mass is 10.5. The van der Waals surface area contributed by atoms with Crippen LogP contribution in [0.3, 0.4) is 0 Å². The van der Waals surface area contributed by atoms with E-state index in [-0.39, 0.29) is 6.61 Å². The molecule has 1 aromatic heterocycles. The first-order valence-electron chi connectivity index (χ1n) is 4.17. The van der Waals surface area contributed by atoms with Crippen molar-refractivity contribution in [3.05, 3.63) is 24.0 Å². The average Bonchev–Trinajstić information content (AvgIpc) is 2.60. The van der Waals surface area contributed by atoms with Gasteiger partial charge in [0, 0.05) is 12.7 Å². The van der Waals surface area contributed by atoms with Gasteiger partial charge in [-0.1, -0.05) is 0 Å². The van der Waals surface area contributed by atoms with Gasteiger partial charge in [-0.3, -0.25) is 4.79 Å². The minimum Gasteiger partial charge on any atom is -0.394 e. The van der Waals surface area contributed by atoms with E-state index in [1.807, 2.05) is 16.8 Å². The van der Waals surface area contributed by atoms with Gasteiger partial charge in [-0.2, -0.15) is 0 Å². The summed E-state index contributed by atoms with van der Waals surface area (Å²) in [6.45, 7) is 1.53. The highest BCUT2D eigenvalue weighted by Gasteiger charge is 1.97. The Morgan fingerprint density at radius 1 is 1.54 bits per heavy atom. The molecule has 72 valence electrons. The molecule has 0 aliphatic carbocycles. The van der Waals surface area contributed by atoms with E-state index in [0.717, 1.165) is 6.29 Å². The number of aldehydes is 1. The third-order valence-electron chi connectivity index (χ3n) is 1.70. The summed E-state index contributed by atoms with van der Waals surface area (Å²) in [7, 11) is 0. The van der Waals surface area contributed by atoms with E-state index in [1.165, 1.54) is 0 Å². The summed E-state index contributed by atoms with van der Waals surface area (Å²) in [5, 5.41) is 8.44. The number of ether oxygens (including phenoxy) is 1. The van der Waals surface area contributed by atoms with Gasteiger partial charge in [-0.15, -0.1) is 0 Å². The first-order valence-corrected chi connectivity index (χ1v) is 4.17. The highest BCUT2D eigenvalue weighted by atomic mass is 16.5. The minimum absolute atomic E-state index is 0.0339. The van der Waals surface area contributed by atoms with Crippen LogP contribution >= 0.6 is 0 Å². The quantitative estimate of drug-likeness (QED) is 0.510. The van der Waals surface area contributed by atoms with Crippen LogP contribution in [0.4, 0.5) is 0 Å². The number of hydrogen-bond donors (Lipinski definition) is 1. The van der Waals surface area contributed by atoms with Gasteiger partial charge in [0.25, 0.3) is 0 Å². The number of rotatable bonds is 6. The van der Waals surface area contributed by atoms with Crippen LogP contribution in [0, 0.1) is 0 Å². The van der Waals surface area contributed by atoms with Crippen LogP contribution in [-0.4, -0.2) is 35.8 Å². The van der Waals surface area contributed by atoms with Crippen molar-refractivity contribution in [3.8, 4) is 0 Å². The molecule has 0 atom stereocenters. The topological polar surface area (TPSA) is 51.5 Å². The second-order valence-electron chi connectivity index (χ2n) is 2.58. The smallest absolute Gasteiger partial charge is 0.166 e. The van der Waals surface area contributed by atoms with Crippen molar-refractivity contribution in [2.24, 2.45) is 0 Å². The van der Waals surface area contributed by atoms with E-state index in [4.69, 9.17) is 9.84 Å². The summed E-state index contributed by atoms with van der Waals surface area (Å²) in [6, 6.07) is 3.56. The van der Waals surface area contributed by atoms with Crippen LogP contribution in [0.5, 0.6) is 0 Å². The predicted octanol–water partition coefficient (Wildman–Crippen LogP) is 0.309. The van der Waals surface area contributed by atoms with Crippen molar-refractivity contribution in [2.75, 3.05) is 19.8 Å². The van der Waals surface area contributed by atoms with Crippen LogP contribution in [-0.2, 0) is 11.3 Å². The maximum atomic E-state index is 10.5. The van der Waals surface area contributed by atoms with Gasteiger partial charge >= 0.3 is 0 Å². The SMILES string of the molecule is O=Cc1cccn1CCOCCO. The lowest BCUT2D eigenvalue weighted by Crippen LogP contribution is -2.09. The molecular formula is C9H13NO3. The Morgan fingerprint density at radius 3 is 3.08 bits per heavy atom. The monoisotopic (exact) mass is 183 g/mol. The fourth-order valence-electron chi connectivity index (χ4n) is 1.07. The van der Waals surface area contributed by atoms with Crippen molar-refractivity contribution < 1.29 is 14.6 Å². The number of hydrogen-bond acceptors (Lipinski definition) is 3. The molecule has 1 rings (SSSR count). The molecule has 13 heavy (non-hydrogen) atoms. The van der Waals surface area contributed by atoms with Gasteiger partial charge < -0.3 is 14.4 Å². The van der Waals surface area contributed by atoms with Crippen molar-refractivity contribution >= 4 is 6.29 Å². The predicted molar refractivity (Wildman–Crippen MR) is 47.7 cm³/mol. The van der Waals surface area contributed by atoms with E-state index in [9.17, 15) is 4.79 Å². The molecule has 0 aromatic carbocycles. The van der Waals surface area contributed by atoms with Crippen molar-refractivity contribution in [3.63, 3.8) is 0 Å². The number of carbonyl (C=O) groups excluding carboxylic acids is 1. The molecule has 0 fully saturated rings. The summed E-state index contributed by atoms with van der Waals surface area (Å²) in [5.41, 5.74) is 0.646. The van der Waals surface area contributed by atoms with Crippen LogP contribution in [0.2, 0.25) is 0 Å². The minimum atomic E-state index is 0.0339. The fourth-order valence-corrected chi connectivity index (χ4v) is 1.07. The highest BCUT2D eigenvalue weighted by Crippen LogP contribution is 1.98. The van der Waals surface area contributed by atoms with Crippen LogP contribution < -0.4 is 0 Å². The Bertz CT molecular complexity index is 257. The molecule has 1 N–H and O–H groups in total. The molecule has 0 saturated carbocycles. The number of nitrogens with zero attached hydrogens (tertiary/aromatic N) is 1. The van der Waals surface area contributed by atoms with Crippen molar-refractivity contribution in [1.82, 2.24) is 4.57 Å². The summed E-state index contributed by atoms with van der Waals surface area (Å²) >= 11 is 0. The maximum Gasteiger partial charge on any atom is 0.166 e. The third kappa shape index (κ3) is 3.01. The van der Waals surface area contributed by atoms with Gasteiger partial charge in [0.15, 0.2) is 6.29 Å². The van der Waals surface area contributed by atoms with Crippen molar-refractivity contribution in [2.45, 2.75) is 6.54 Å². The maximum absolute atomic E-state index is 10.5. The molecule has 0 amide bonds. The van der Waals surface area contributed by atoms with Gasteiger partial charge in [-0.05, 0) is 12.1 Å². The number of aromatic nitrogens is 1. The molecule has 0 aliphatic rings. The number of aliphatic hydroxyl groups excluding tert-OH is 1. The summed E-state index contributed by atoms with van der Waals surface area (Å²) in [4.78, 5) is 10.5. The highest BCUT2D eigenvalue weighted by molar-refractivity contribution is 5.72. The Morgan fingerprint density at radius 2 is 2.38 bits per heavy atom. The molecule has 0 saturated heterocycles. The largest absolute Gasteiger partial charge is 0.394 e. The molecule has 1 aromatic rings. The Labute approximate surface area is 76.7 Å². The standard InChI is InChI=1S/C9H13NO3/c11-5-7-13-6-4-10-3-1-2-9(10)8-12/h1-3,8,11H,4-7H2. The average molecular weight is 183 g/mol. The van der Waals surface area contributed by atoms with Gasteiger partial charge in [0.1, 0.15) is 0 Å². The van der Waals surface area contributed by atoms with Gasteiger partial charge in [0.05, 0.1) is 25.5 Å². The van der Waals surface area contributed by atoms with Gasteiger partial charge in [0.2, 0.25) is 0 Å². The lowest BCUT2D eigenvalue weighted by molar-refractivity contribution is 0.0863. The van der Waals surface area contributed by atoms with E-state index in [1.54, 1.807) is 6.07 Å². The first-order chi connectivity index (χ1) is 6.38. The van der Waals surface area contributed by atoms with Crippen LogP contribution in [0.1, 0.15) is 10.5 Å². The second-order valence-corrected chi connectivity index (χ2v) is 2.58. The fraction of sp³-hybridized carbons (Fsp3) is 0.444. The van der Waals surface area contributed by atoms with E-state index < -0.39 is 0 Å². The molecule has 0 aliphatic heterocycles. The Kier molecular flexibility index (Phi) is 4.21. The lowest BCUT2D eigenvalue weighted by Gasteiger charge is -2.05. The van der Waals surface area contributed by atoms with E-state index in [2.05, 4.69) is 0 Å². The molecule has 1 heterocycles. The molecular weight excluding hydrogens is 170 g/mol. The Hall–Kier alpha value is -1.13. The van der Waals surface area contributed by atoms with E-state index in [0.29, 0.717) is 25.5 Å². The molecule has 4 heteroatoms. The van der Waals surface area contributed by atoms with E-state index >= 15 is 0 Å². The number of aliphatic hydroxyl groups is 1. The van der Waals surface area contributed by atoms with Gasteiger partial charge in [-0.25, -0.2) is 0 Å². The molecule has 0 radical (unpaired) electrons. The summed E-state index contributed by atoms with van der Waals surface area (Å²) in [5.74, 6) is 0. The molecule has 4 nitrogen and oxygen atoms in total. The third-order valence-corrected chi connectivity index (χ3v) is 1.70. The van der Waals surface area contributed by atoms with Crippen LogP contribution in [0.25, 0.3) is 0 Å². The zero-order valence-corrected chi connectivity index (χ0v) is 7.35. The zero-order chi connectivity index (χ0) is 9.52. The molecule has 0 spiro atoms. The molecule has 0 bridgehead atoms. The summed E-state index contributed by atoms with van der Waals surface area (Å²) < 4.78 is 6.88. The number of carbonyl (C=O) groups is 1. The normalized spacial score (nSPS) is 10.2. The first kappa shape index (κ1) is 9.95.